The van der Waals surface area contributed by atoms with E-state index in [-0.39, 0.29) is 23.9 Å². The predicted molar refractivity (Wildman–Crippen MR) is 117 cm³/mol. The van der Waals surface area contributed by atoms with Gasteiger partial charge in [-0.15, -0.1) is 0 Å². The number of imidazole rings is 1. The molecule has 1 aromatic carbocycles. The zero-order valence-corrected chi connectivity index (χ0v) is 17.2. The monoisotopic (exact) mass is 417 g/mol. The molecule has 1 aliphatic carbocycles. The standard InChI is InChI=1S/C22H23N7O2/c1-3-20(30)26-16-7-8-19-18(10-16)25-13-29(19)17-6-4-5-15(9-17)27-22-24-12-14(11-23)21(28-22)31-2/h3,7-8,10,12-13,15,17H,1,4-6,9H2,2H3,(H,26,30)(H,24,27,28)/t15-,17+/m1/s1. The molecule has 3 aromatic rings. The van der Waals surface area contributed by atoms with Gasteiger partial charge in [-0.3, -0.25) is 4.79 Å². The van der Waals surface area contributed by atoms with Gasteiger partial charge in [-0.2, -0.15) is 10.2 Å². The van der Waals surface area contributed by atoms with Gasteiger partial charge in [0.2, 0.25) is 17.7 Å². The molecule has 158 valence electrons. The number of methoxy groups -OCH3 is 1. The van der Waals surface area contributed by atoms with E-state index in [1.165, 1.54) is 19.4 Å². The predicted octanol–water partition coefficient (Wildman–Crippen LogP) is 3.43. The molecule has 1 saturated carbocycles. The number of nitriles is 1. The summed E-state index contributed by atoms with van der Waals surface area (Å²) in [6.45, 7) is 3.47. The van der Waals surface area contributed by atoms with Crippen LogP contribution in [-0.4, -0.2) is 38.6 Å². The summed E-state index contributed by atoms with van der Waals surface area (Å²) >= 11 is 0. The molecular weight excluding hydrogens is 394 g/mol. The number of hydrogen-bond acceptors (Lipinski definition) is 7. The van der Waals surface area contributed by atoms with E-state index in [4.69, 9.17) is 10.00 Å². The molecule has 31 heavy (non-hydrogen) atoms. The number of ether oxygens (including phenoxy) is 1. The lowest BCUT2D eigenvalue weighted by molar-refractivity contribution is -0.111. The van der Waals surface area contributed by atoms with Crippen LogP contribution >= 0.6 is 0 Å². The Morgan fingerprint density at radius 1 is 1.39 bits per heavy atom. The lowest BCUT2D eigenvalue weighted by Gasteiger charge is -2.31. The van der Waals surface area contributed by atoms with Crippen LogP contribution < -0.4 is 15.4 Å². The zero-order valence-electron chi connectivity index (χ0n) is 17.2. The SMILES string of the molecule is C=CC(=O)Nc1ccc2c(c1)ncn2[C@H]1CCC[C@@H](Nc2ncc(C#N)c(OC)n2)C1. The van der Waals surface area contributed by atoms with Gasteiger partial charge in [0, 0.05) is 17.8 Å². The van der Waals surface area contributed by atoms with Crippen LogP contribution in [0.1, 0.15) is 37.3 Å². The van der Waals surface area contributed by atoms with Crippen molar-refractivity contribution in [1.29, 1.82) is 5.26 Å². The normalized spacial score (nSPS) is 18.2. The zero-order chi connectivity index (χ0) is 21.8. The third kappa shape index (κ3) is 4.33. The van der Waals surface area contributed by atoms with Crippen LogP contribution in [0.2, 0.25) is 0 Å². The molecule has 2 heterocycles. The molecule has 9 heteroatoms. The van der Waals surface area contributed by atoms with Crippen LogP contribution in [0.25, 0.3) is 11.0 Å². The summed E-state index contributed by atoms with van der Waals surface area (Å²) in [5.41, 5.74) is 2.86. The molecule has 0 radical (unpaired) electrons. The van der Waals surface area contributed by atoms with Crippen molar-refractivity contribution in [2.75, 3.05) is 17.7 Å². The van der Waals surface area contributed by atoms with Gasteiger partial charge < -0.3 is 19.9 Å². The lowest BCUT2D eigenvalue weighted by atomic mass is 9.90. The van der Waals surface area contributed by atoms with E-state index in [1.54, 1.807) is 0 Å². The van der Waals surface area contributed by atoms with Crippen LogP contribution in [0.15, 0.2) is 43.4 Å². The molecule has 0 unspecified atom stereocenters. The van der Waals surface area contributed by atoms with Gasteiger partial charge >= 0.3 is 0 Å². The number of rotatable bonds is 6. The molecule has 2 atom stereocenters. The highest BCUT2D eigenvalue weighted by Gasteiger charge is 2.25. The van der Waals surface area contributed by atoms with Crippen LogP contribution in [0.4, 0.5) is 11.6 Å². The number of benzene rings is 1. The summed E-state index contributed by atoms with van der Waals surface area (Å²) < 4.78 is 7.37. The molecule has 0 bridgehead atoms. The summed E-state index contributed by atoms with van der Waals surface area (Å²) in [6, 6.07) is 8.21. The Bertz CT molecular complexity index is 1160. The molecule has 0 aliphatic heterocycles. The van der Waals surface area contributed by atoms with Crippen molar-refractivity contribution in [3.05, 3.63) is 48.9 Å². The Morgan fingerprint density at radius 2 is 2.26 bits per heavy atom. The van der Waals surface area contributed by atoms with Crippen molar-refractivity contribution in [3.8, 4) is 11.9 Å². The van der Waals surface area contributed by atoms with Gasteiger partial charge in [0.1, 0.15) is 11.6 Å². The van der Waals surface area contributed by atoms with Crippen molar-refractivity contribution < 1.29 is 9.53 Å². The first-order chi connectivity index (χ1) is 15.1. The summed E-state index contributed by atoms with van der Waals surface area (Å²) in [4.78, 5) is 24.6. The maximum atomic E-state index is 11.5. The number of anilines is 2. The third-order valence-electron chi connectivity index (χ3n) is 5.47. The topological polar surface area (TPSA) is 118 Å². The van der Waals surface area contributed by atoms with Crippen molar-refractivity contribution in [2.24, 2.45) is 0 Å². The van der Waals surface area contributed by atoms with Crippen LogP contribution in [0.3, 0.4) is 0 Å². The average molecular weight is 417 g/mol. The molecule has 0 saturated heterocycles. The lowest BCUT2D eigenvalue weighted by Crippen LogP contribution is -2.29. The summed E-state index contributed by atoms with van der Waals surface area (Å²) in [6.07, 6.45) is 8.58. The van der Waals surface area contributed by atoms with Gasteiger partial charge in [0.25, 0.3) is 0 Å². The molecule has 9 nitrogen and oxygen atoms in total. The highest BCUT2D eigenvalue weighted by molar-refractivity contribution is 5.99. The fourth-order valence-corrected chi connectivity index (χ4v) is 3.99. The quantitative estimate of drug-likeness (QED) is 0.590. The average Bonchev–Trinajstić information content (AvgIpc) is 3.22. The number of hydrogen-bond donors (Lipinski definition) is 2. The number of aromatic nitrogens is 4. The molecule has 4 rings (SSSR count). The Kier molecular flexibility index (Phi) is 5.80. The van der Waals surface area contributed by atoms with E-state index in [9.17, 15) is 4.79 Å². The van der Waals surface area contributed by atoms with E-state index in [1.807, 2.05) is 30.6 Å². The minimum atomic E-state index is -0.248. The first-order valence-electron chi connectivity index (χ1n) is 10.1. The molecule has 1 fully saturated rings. The van der Waals surface area contributed by atoms with Crippen LogP contribution in [-0.2, 0) is 4.79 Å². The Labute approximate surface area is 179 Å². The number of carbonyl (C=O) groups excluding carboxylic acids is 1. The second-order valence-corrected chi connectivity index (χ2v) is 7.44. The molecule has 1 aliphatic rings. The van der Waals surface area contributed by atoms with Crippen molar-refractivity contribution in [1.82, 2.24) is 19.5 Å². The Morgan fingerprint density at radius 3 is 3.03 bits per heavy atom. The second kappa shape index (κ2) is 8.83. The van der Waals surface area contributed by atoms with Crippen molar-refractivity contribution >= 4 is 28.6 Å². The summed E-state index contributed by atoms with van der Waals surface area (Å²) in [7, 11) is 1.49. The molecular formula is C22H23N7O2. The number of nitrogens with zero attached hydrogens (tertiary/aromatic N) is 5. The summed E-state index contributed by atoms with van der Waals surface area (Å²) in [5.74, 6) is 0.480. The molecule has 1 amide bonds. The van der Waals surface area contributed by atoms with Crippen LogP contribution in [0, 0.1) is 11.3 Å². The number of carbonyl (C=O) groups is 1. The first kappa shape index (κ1) is 20.3. The maximum Gasteiger partial charge on any atom is 0.247 e. The highest BCUT2D eigenvalue weighted by Crippen LogP contribution is 2.33. The molecule has 2 N–H and O–H groups in total. The molecule has 2 aromatic heterocycles. The van der Waals surface area contributed by atoms with E-state index in [0.29, 0.717) is 17.2 Å². The van der Waals surface area contributed by atoms with E-state index >= 15 is 0 Å². The number of amides is 1. The van der Waals surface area contributed by atoms with Crippen LogP contribution in [0.5, 0.6) is 5.88 Å². The maximum absolute atomic E-state index is 11.5. The van der Waals surface area contributed by atoms with Gasteiger partial charge in [-0.05, 0) is 50.0 Å². The van der Waals surface area contributed by atoms with Gasteiger partial charge in [0.05, 0.1) is 30.7 Å². The summed E-state index contributed by atoms with van der Waals surface area (Å²) in [5, 5.41) is 15.2. The van der Waals surface area contributed by atoms with E-state index < -0.39 is 0 Å². The van der Waals surface area contributed by atoms with Crippen molar-refractivity contribution in [3.63, 3.8) is 0 Å². The minimum absolute atomic E-state index is 0.194. The fourth-order valence-electron chi connectivity index (χ4n) is 3.99. The Hall–Kier alpha value is -3.93. The van der Waals surface area contributed by atoms with Gasteiger partial charge in [0.15, 0.2) is 0 Å². The third-order valence-corrected chi connectivity index (χ3v) is 5.47. The van der Waals surface area contributed by atoms with Gasteiger partial charge in [-0.1, -0.05) is 6.58 Å². The highest BCUT2D eigenvalue weighted by atomic mass is 16.5. The van der Waals surface area contributed by atoms with E-state index in [2.05, 4.69) is 36.7 Å². The van der Waals surface area contributed by atoms with Crippen molar-refractivity contribution in [2.45, 2.75) is 37.8 Å². The van der Waals surface area contributed by atoms with Gasteiger partial charge in [-0.25, -0.2) is 9.97 Å². The minimum Gasteiger partial charge on any atom is -0.480 e. The first-order valence-corrected chi connectivity index (χ1v) is 10.1. The molecule has 0 spiro atoms. The number of nitrogens with one attached hydrogen (secondary N) is 2. The second-order valence-electron chi connectivity index (χ2n) is 7.44. The number of fused-ring (bicyclic) bond motifs is 1. The largest absolute Gasteiger partial charge is 0.480 e. The smallest absolute Gasteiger partial charge is 0.247 e. The Balaban J connectivity index is 1.49. The van der Waals surface area contributed by atoms with E-state index in [0.717, 1.165) is 36.7 Å². The fraction of sp³-hybridized carbons (Fsp3) is 0.318.